The molecule has 0 radical (unpaired) electrons. The van der Waals surface area contributed by atoms with Crippen molar-refractivity contribution in [3.05, 3.63) is 117 Å². The molecule has 5 nitrogen and oxygen atoms in total. The van der Waals surface area contributed by atoms with Crippen LogP contribution >= 0.6 is 0 Å². The van der Waals surface area contributed by atoms with Crippen molar-refractivity contribution >= 4 is 16.9 Å². The lowest BCUT2D eigenvalue weighted by Crippen LogP contribution is -2.33. The minimum atomic E-state index is -0.892. The second-order valence-corrected chi connectivity index (χ2v) is 7.87. The molecular weight excluding hydrogens is 390 g/mol. The number of carbonyl (C=O) groups excluding carboxylic acids is 1. The molecule has 1 amide bonds. The number of amides is 1. The van der Waals surface area contributed by atoms with Gasteiger partial charge in [0.25, 0.3) is 5.91 Å². The predicted molar refractivity (Wildman–Crippen MR) is 118 cm³/mol. The number of aliphatic hydroxyl groups excluding tert-OH is 1. The second-order valence-electron chi connectivity index (χ2n) is 7.87. The molecule has 0 fully saturated rings. The van der Waals surface area contributed by atoms with Gasteiger partial charge in [0, 0.05) is 0 Å². The number of benzene rings is 3. The summed E-state index contributed by atoms with van der Waals surface area (Å²) >= 11 is 0. The Morgan fingerprint density at radius 2 is 1.61 bits per heavy atom. The first kappa shape index (κ1) is 19.3. The van der Waals surface area contributed by atoms with Crippen molar-refractivity contribution in [2.24, 2.45) is 0 Å². The Bertz CT molecular complexity index is 1330. The van der Waals surface area contributed by atoms with Crippen LogP contribution in [0.5, 0.6) is 0 Å². The molecule has 0 bridgehead atoms. The van der Waals surface area contributed by atoms with Crippen LogP contribution in [0.2, 0.25) is 0 Å². The maximum Gasteiger partial charge on any atom is 0.291 e. The summed E-state index contributed by atoms with van der Waals surface area (Å²) in [5, 5.41) is 11.3. The molecule has 1 N–H and O–H groups in total. The molecule has 1 aromatic heterocycles. The highest BCUT2D eigenvalue weighted by atomic mass is 16.3. The number of hydrogen-bond acceptors (Lipinski definition) is 4. The van der Waals surface area contributed by atoms with Gasteiger partial charge in [0.15, 0.2) is 5.43 Å². The lowest BCUT2D eigenvalue weighted by atomic mass is 9.97. The third kappa shape index (κ3) is 3.23. The van der Waals surface area contributed by atoms with E-state index in [0.717, 1.165) is 11.1 Å². The number of aliphatic hydroxyl groups is 1. The summed E-state index contributed by atoms with van der Waals surface area (Å²) in [6, 6.07) is 23.2. The molecule has 1 aliphatic heterocycles. The summed E-state index contributed by atoms with van der Waals surface area (Å²) in [5.41, 5.74) is 3.08. The summed E-state index contributed by atoms with van der Waals surface area (Å²) < 4.78 is 5.92. The Hall–Kier alpha value is -3.70. The Balaban J connectivity index is 1.67. The standard InChI is InChI=1S/C26H21NO4/c1-16-11-13-18(14-12-16)23-22-24(29)19-9-5-6-10-21(19)31-25(22)26(30)27(23)15-20(28)17-7-3-2-4-8-17/h2-14,20,23,28H,15H2,1H3. The van der Waals surface area contributed by atoms with Crippen LogP contribution in [0.1, 0.15) is 45.0 Å². The first-order valence-electron chi connectivity index (χ1n) is 10.2. The smallest absolute Gasteiger partial charge is 0.291 e. The van der Waals surface area contributed by atoms with Crippen LogP contribution < -0.4 is 5.43 Å². The van der Waals surface area contributed by atoms with Crippen LogP contribution in [-0.2, 0) is 0 Å². The van der Waals surface area contributed by atoms with Gasteiger partial charge in [-0.1, -0.05) is 72.3 Å². The van der Waals surface area contributed by atoms with E-state index in [-0.39, 0.29) is 17.7 Å². The molecular formula is C26H21NO4. The Morgan fingerprint density at radius 1 is 0.935 bits per heavy atom. The van der Waals surface area contributed by atoms with Crippen molar-refractivity contribution in [1.29, 1.82) is 0 Å². The third-order valence-corrected chi connectivity index (χ3v) is 5.82. The van der Waals surface area contributed by atoms with Gasteiger partial charge in [0.1, 0.15) is 5.58 Å². The van der Waals surface area contributed by atoms with Crippen molar-refractivity contribution in [2.45, 2.75) is 19.1 Å². The van der Waals surface area contributed by atoms with Gasteiger partial charge in [0.2, 0.25) is 5.76 Å². The van der Waals surface area contributed by atoms with Gasteiger partial charge in [-0.2, -0.15) is 0 Å². The topological polar surface area (TPSA) is 70.8 Å². The average molecular weight is 411 g/mol. The molecule has 1 aliphatic rings. The molecule has 0 spiro atoms. The van der Waals surface area contributed by atoms with E-state index in [9.17, 15) is 14.7 Å². The largest absolute Gasteiger partial charge is 0.450 e. The lowest BCUT2D eigenvalue weighted by molar-refractivity contribution is 0.0583. The number of aryl methyl sites for hydroxylation is 1. The van der Waals surface area contributed by atoms with Gasteiger partial charge in [-0.15, -0.1) is 0 Å². The molecule has 2 atom stereocenters. The summed E-state index contributed by atoms with van der Waals surface area (Å²) in [6.07, 6.45) is -0.892. The van der Waals surface area contributed by atoms with Crippen molar-refractivity contribution < 1.29 is 14.3 Å². The zero-order valence-corrected chi connectivity index (χ0v) is 17.0. The predicted octanol–water partition coefficient (Wildman–Crippen LogP) is 4.38. The van der Waals surface area contributed by atoms with Gasteiger partial charge >= 0.3 is 0 Å². The highest BCUT2D eigenvalue weighted by Crippen LogP contribution is 2.39. The van der Waals surface area contributed by atoms with Gasteiger partial charge in [-0.05, 0) is 30.2 Å². The molecule has 0 aliphatic carbocycles. The van der Waals surface area contributed by atoms with E-state index in [2.05, 4.69) is 0 Å². The first-order chi connectivity index (χ1) is 15.0. The summed E-state index contributed by atoms with van der Waals surface area (Å²) in [4.78, 5) is 28.3. The summed E-state index contributed by atoms with van der Waals surface area (Å²) in [7, 11) is 0. The lowest BCUT2D eigenvalue weighted by Gasteiger charge is -2.27. The maximum absolute atomic E-state index is 13.4. The zero-order chi connectivity index (χ0) is 21.5. The SMILES string of the molecule is Cc1ccc(C2c3c(oc4ccccc4c3=O)C(=O)N2CC(O)c2ccccc2)cc1. The number of carbonyl (C=O) groups is 1. The summed E-state index contributed by atoms with van der Waals surface area (Å²) in [5.74, 6) is -0.340. The Labute approximate surface area is 179 Å². The van der Waals surface area contributed by atoms with Crippen LogP contribution in [0.15, 0.2) is 88.1 Å². The second kappa shape index (κ2) is 7.52. The first-order valence-corrected chi connectivity index (χ1v) is 10.2. The molecule has 154 valence electrons. The number of para-hydroxylation sites is 1. The maximum atomic E-state index is 13.4. The molecule has 5 heteroatoms. The van der Waals surface area contributed by atoms with E-state index in [1.807, 2.05) is 61.5 Å². The Morgan fingerprint density at radius 3 is 2.35 bits per heavy atom. The third-order valence-electron chi connectivity index (χ3n) is 5.82. The van der Waals surface area contributed by atoms with Gasteiger partial charge in [-0.25, -0.2) is 0 Å². The van der Waals surface area contributed by atoms with Gasteiger partial charge < -0.3 is 14.4 Å². The fourth-order valence-corrected chi connectivity index (χ4v) is 4.22. The molecule has 0 saturated carbocycles. The van der Waals surface area contributed by atoms with E-state index < -0.39 is 18.1 Å². The van der Waals surface area contributed by atoms with Crippen molar-refractivity contribution in [1.82, 2.24) is 4.90 Å². The number of fused-ring (bicyclic) bond motifs is 2. The Kier molecular flexibility index (Phi) is 4.68. The number of nitrogens with zero attached hydrogens (tertiary/aromatic N) is 1. The van der Waals surface area contributed by atoms with Crippen LogP contribution in [0.25, 0.3) is 11.0 Å². The molecule has 3 aromatic carbocycles. The average Bonchev–Trinajstić information content (AvgIpc) is 3.07. The monoisotopic (exact) mass is 411 g/mol. The quantitative estimate of drug-likeness (QED) is 0.541. The normalized spacial score (nSPS) is 16.5. The van der Waals surface area contributed by atoms with Crippen LogP contribution in [0, 0.1) is 6.92 Å². The van der Waals surface area contributed by atoms with E-state index >= 15 is 0 Å². The summed E-state index contributed by atoms with van der Waals surface area (Å²) in [6.45, 7) is 2.03. The molecule has 2 unspecified atom stereocenters. The minimum absolute atomic E-state index is 0.0430. The van der Waals surface area contributed by atoms with Crippen molar-refractivity contribution in [2.75, 3.05) is 6.54 Å². The van der Waals surface area contributed by atoms with E-state index in [0.29, 0.717) is 22.1 Å². The number of hydrogen-bond donors (Lipinski definition) is 1. The molecule has 2 heterocycles. The fraction of sp³-hybridized carbons (Fsp3) is 0.154. The molecule has 5 rings (SSSR count). The number of rotatable bonds is 4. The van der Waals surface area contributed by atoms with E-state index in [1.165, 1.54) is 4.90 Å². The van der Waals surface area contributed by atoms with E-state index in [1.54, 1.807) is 24.3 Å². The molecule has 31 heavy (non-hydrogen) atoms. The van der Waals surface area contributed by atoms with Crippen LogP contribution in [0.4, 0.5) is 0 Å². The minimum Gasteiger partial charge on any atom is -0.450 e. The van der Waals surface area contributed by atoms with Crippen LogP contribution in [0.3, 0.4) is 0 Å². The highest BCUT2D eigenvalue weighted by Gasteiger charge is 2.43. The van der Waals surface area contributed by atoms with E-state index in [4.69, 9.17) is 4.42 Å². The van der Waals surface area contributed by atoms with Crippen molar-refractivity contribution in [3.63, 3.8) is 0 Å². The number of β-amino-alcohol motifs (C(OH)–C–C–N with tert-alkyl or cyclic N) is 1. The molecule has 0 saturated heterocycles. The van der Waals surface area contributed by atoms with Gasteiger partial charge in [0.05, 0.1) is 29.6 Å². The fourth-order valence-electron chi connectivity index (χ4n) is 4.22. The van der Waals surface area contributed by atoms with Crippen LogP contribution in [-0.4, -0.2) is 22.5 Å². The molecule has 4 aromatic rings. The highest BCUT2D eigenvalue weighted by molar-refractivity contribution is 5.99. The van der Waals surface area contributed by atoms with Crippen molar-refractivity contribution in [3.8, 4) is 0 Å². The zero-order valence-electron chi connectivity index (χ0n) is 17.0. The van der Waals surface area contributed by atoms with Gasteiger partial charge in [-0.3, -0.25) is 9.59 Å².